The Kier molecular flexibility index (Phi) is 3.44. The molecule has 0 saturated heterocycles. The van der Waals surface area contributed by atoms with E-state index in [2.05, 4.69) is 20.6 Å². The molecule has 0 spiro atoms. The molecule has 17 heavy (non-hydrogen) atoms. The van der Waals surface area contributed by atoms with E-state index in [1.807, 2.05) is 19.1 Å². The second-order valence-corrected chi connectivity index (χ2v) is 3.50. The van der Waals surface area contributed by atoms with Crippen molar-refractivity contribution in [1.82, 2.24) is 25.3 Å². The largest absolute Gasteiger partial charge is 0.350 e. The summed E-state index contributed by atoms with van der Waals surface area (Å²) in [5.41, 5.74) is 1.56. The molecule has 0 unspecified atom stereocenters. The van der Waals surface area contributed by atoms with Gasteiger partial charge in [0.15, 0.2) is 0 Å². The molecule has 2 aromatic rings. The maximum Gasteiger partial charge on any atom is 0.220 e. The molecule has 0 bridgehead atoms. The molecule has 0 aliphatic carbocycles. The Morgan fingerprint density at radius 2 is 2.41 bits per heavy atom. The van der Waals surface area contributed by atoms with Crippen molar-refractivity contribution in [3.05, 3.63) is 36.4 Å². The van der Waals surface area contributed by atoms with Gasteiger partial charge < -0.3 is 5.32 Å². The van der Waals surface area contributed by atoms with E-state index in [0.29, 0.717) is 13.0 Å². The van der Waals surface area contributed by atoms with Crippen LogP contribution in [0.4, 0.5) is 0 Å². The second kappa shape index (κ2) is 5.20. The number of hydrogen-bond acceptors (Lipinski definition) is 4. The number of rotatable bonds is 4. The Bertz CT molecular complexity index is 494. The zero-order valence-electron chi connectivity index (χ0n) is 9.50. The quantitative estimate of drug-likeness (QED) is 0.840. The molecule has 0 atom stereocenters. The van der Waals surface area contributed by atoms with Crippen LogP contribution in [0.5, 0.6) is 0 Å². The fourth-order valence-electron chi connectivity index (χ4n) is 1.31. The van der Waals surface area contributed by atoms with Crippen LogP contribution in [0.1, 0.15) is 19.0 Å². The lowest BCUT2D eigenvalue weighted by atomic mass is 10.4. The molecule has 0 aliphatic heterocycles. The van der Waals surface area contributed by atoms with Crippen molar-refractivity contribution in [2.24, 2.45) is 0 Å². The zero-order chi connectivity index (χ0) is 12.1. The zero-order valence-corrected chi connectivity index (χ0v) is 9.50. The van der Waals surface area contributed by atoms with Crippen LogP contribution in [-0.4, -0.2) is 25.9 Å². The average Bonchev–Trinajstić information content (AvgIpc) is 2.86. The van der Waals surface area contributed by atoms with Gasteiger partial charge in [-0.25, -0.2) is 4.68 Å². The summed E-state index contributed by atoms with van der Waals surface area (Å²) in [5, 5.41) is 10.7. The van der Waals surface area contributed by atoms with E-state index in [1.165, 1.54) is 0 Å². The minimum atomic E-state index is 0.000859. The van der Waals surface area contributed by atoms with E-state index in [1.54, 1.807) is 23.3 Å². The highest BCUT2D eigenvalue weighted by molar-refractivity contribution is 5.75. The molecule has 0 aliphatic rings. The van der Waals surface area contributed by atoms with Crippen LogP contribution in [-0.2, 0) is 11.3 Å². The van der Waals surface area contributed by atoms with Crippen molar-refractivity contribution in [2.45, 2.75) is 19.9 Å². The topological polar surface area (TPSA) is 72.7 Å². The summed E-state index contributed by atoms with van der Waals surface area (Å²) in [6, 6.07) is 3.71. The Morgan fingerprint density at radius 1 is 1.53 bits per heavy atom. The molecular formula is C11H13N5O. The van der Waals surface area contributed by atoms with Gasteiger partial charge in [0.1, 0.15) is 5.69 Å². The molecule has 0 saturated carbocycles. The third kappa shape index (κ3) is 2.87. The molecule has 88 valence electrons. The van der Waals surface area contributed by atoms with Gasteiger partial charge in [-0.15, -0.1) is 5.10 Å². The molecule has 1 N–H and O–H groups in total. The van der Waals surface area contributed by atoms with Crippen LogP contribution >= 0.6 is 0 Å². The molecule has 0 fully saturated rings. The van der Waals surface area contributed by atoms with Crippen molar-refractivity contribution in [3.8, 4) is 5.69 Å². The van der Waals surface area contributed by atoms with E-state index in [0.717, 1.165) is 11.4 Å². The fourth-order valence-corrected chi connectivity index (χ4v) is 1.31. The normalized spacial score (nSPS) is 10.2. The van der Waals surface area contributed by atoms with Gasteiger partial charge in [-0.1, -0.05) is 12.1 Å². The molecule has 2 heterocycles. The number of aromatic nitrogens is 4. The van der Waals surface area contributed by atoms with Crippen LogP contribution < -0.4 is 5.32 Å². The number of pyridine rings is 1. The smallest absolute Gasteiger partial charge is 0.220 e. The fraction of sp³-hybridized carbons (Fsp3) is 0.273. The Hall–Kier alpha value is -2.24. The minimum Gasteiger partial charge on any atom is -0.350 e. The number of carbonyl (C=O) groups is 1. The van der Waals surface area contributed by atoms with Gasteiger partial charge >= 0.3 is 0 Å². The summed E-state index contributed by atoms with van der Waals surface area (Å²) in [7, 11) is 0. The summed E-state index contributed by atoms with van der Waals surface area (Å²) in [6.07, 6.45) is 5.63. The second-order valence-electron chi connectivity index (χ2n) is 3.50. The van der Waals surface area contributed by atoms with Crippen LogP contribution in [0.25, 0.3) is 5.69 Å². The summed E-state index contributed by atoms with van der Waals surface area (Å²) in [6.45, 7) is 2.20. The van der Waals surface area contributed by atoms with Crippen LogP contribution in [0.3, 0.4) is 0 Å². The van der Waals surface area contributed by atoms with Gasteiger partial charge in [0, 0.05) is 12.6 Å². The lowest BCUT2D eigenvalue weighted by Crippen LogP contribution is -2.21. The third-order valence-electron chi connectivity index (χ3n) is 2.24. The summed E-state index contributed by atoms with van der Waals surface area (Å²) in [4.78, 5) is 15.1. The lowest BCUT2D eigenvalue weighted by molar-refractivity contribution is -0.120. The van der Waals surface area contributed by atoms with E-state index >= 15 is 0 Å². The van der Waals surface area contributed by atoms with E-state index < -0.39 is 0 Å². The predicted molar refractivity (Wildman–Crippen MR) is 61.3 cm³/mol. The standard InChI is InChI=1S/C11H13N5O/c1-2-11(17)13-6-9-8-16(15-14-9)10-4-3-5-12-7-10/h3-5,7-8H,2,6H2,1H3,(H,13,17). The van der Waals surface area contributed by atoms with Gasteiger partial charge in [0.05, 0.1) is 24.6 Å². The van der Waals surface area contributed by atoms with Gasteiger partial charge in [0.2, 0.25) is 5.91 Å². The van der Waals surface area contributed by atoms with E-state index in [9.17, 15) is 4.79 Å². The Morgan fingerprint density at radius 3 is 3.12 bits per heavy atom. The SMILES string of the molecule is CCC(=O)NCc1cn(-c2cccnc2)nn1. The number of nitrogens with one attached hydrogen (secondary N) is 1. The minimum absolute atomic E-state index is 0.000859. The van der Waals surface area contributed by atoms with Gasteiger partial charge in [-0.05, 0) is 12.1 Å². The van der Waals surface area contributed by atoms with Crippen LogP contribution in [0.15, 0.2) is 30.7 Å². The predicted octanol–water partition coefficient (Wildman–Crippen LogP) is 0.688. The first-order valence-electron chi connectivity index (χ1n) is 5.38. The van der Waals surface area contributed by atoms with Gasteiger partial charge in [-0.3, -0.25) is 9.78 Å². The number of carbonyl (C=O) groups excluding carboxylic acids is 1. The third-order valence-corrected chi connectivity index (χ3v) is 2.24. The summed E-state index contributed by atoms with van der Waals surface area (Å²) < 4.78 is 1.63. The molecule has 2 rings (SSSR count). The van der Waals surface area contributed by atoms with Crippen LogP contribution in [0, 0.1) is 0 Å². The maximum atomic E-state index is 11.1. The van der Waals surface area contributed by atoms with Crippen molar-refractivity contribution in [3.63, 3.8) is 0 Å². The first kappa shape index (κ1) is 11.3. The highest BCUT2D eigenvalue weighted by atomic mass is 16.1. The Labute approximate surface area is 98.7 Å². The summed E-state index contributed by atoms with van der Waals surface area (Å²) in [5.74, 6) is 0.000859. The van der Waals surface area contributed by atoms with Gasteiger partial charge in [-0.2, -0.15) is 0 Å². The maximum absolute atomic E-state index is 11.1. The molecule has 1 amide bonds. The summed E-state index contributed by atoms with van der Waals surface area (Å²) >= 11 is 0. The molecule has 0 aromatic carbocycles. The highest BCUT2D eigenvalue weighted by Gasteiger charge is 2.03. The van der Waals surface area contributed by atoms with Crippen LogP contribution in [0.2, 0.25) is 0 Å². The van der Waals surface area contributed by atoms with Crippen molar-refractivity contribution in [1.29, 1.82) is 0 Å². The molecule has 0 radical (unpaired) electrons. The Balaban J connectivity index is 2.04. The first-order valence-corrected chi connectivity index (χ1v) is 5.38. The molecule has 6 nitrogen and oxygen atoms in total. The first-order chi connectivity index (χ1) is 8.29. The number of amides is 1. The molecule has 6 heteroatoms. The molecule has 2 aromatic heterocycles. The van der Waals surface area contributed by atoms with E-state index in [4.69, 9.17) is 0 Å². The number of hydrogen-bond donors (Lipinski definition) is 1. The number of nitrogens with zero attached hydrogens (tertiary/aromatic N) is 4. The van der Waals surface area contributed by atoms with Crippen molar-refractivity contribution >= 4 is 5.91 Å². The highest BCUT2D eigenvalue weighted by Crippen LogP contribution is 2.03. The van der Waals surface area contributed by atoms with Crippen molar-refractivity contribution < 1.29 is 4.79 Å². The van der Waals surface area contributed by atoms with Gasteiger partial charge in [0.25, 0.3) is 0 Å². The average molecular weight is 231 g/mol. The van der Waals surface area contributed by atoms with E-state index in [-0.39, 0.29) is 5.91 Å². The monoisotopic (exact) mass is 231 g/mol. The van der Waals surface area contributed by atoms with Crippen molar-refractivity contribution in [2.75, 3.05) is 0 Å². The lowest BCUT2D eigenvalue weighted by Gasteiger charge is -1.99. The molecular weight excluding hydrogens is 218 g/mol.